The highest BCUT2D eigenvalue weighted by molar-refractivity contribution is 7.94. The largest absolute Gasteiger partial charge is 0.358 e. The van der Waals surface area contributed by atoms with E-state index in [9.17, 15) is 18.0 Å². The van der Waals surface area contributed by atoms with Gasteiger partial charge < -0.3 is 4.90 Å². The molecule has 7 nitrogen and oxygen atoms in total. The van der Waals surface area contributed by atoms with Gasteiger partial charge in [0, 0.05) is 37.2 Å². The maximum absolute atomic E-state index is 13.3. The van der Waals surface area contributed by atoms with Gasteiger partial charge in [0.15, 0.2) is 15.6 Å². The lowest BCUT2D eigenvalue weighted by Crippen LogP contribution is -2.23. The summed E-state index contributed by atoms with van der Waals surface area (Å²) in [6, 6.07) is 15.3. The second-order valence-corrected chi connectivity index (χ2v) is 13.1. The van der Waals surface area contributed by atoms with E-state index < -0.39 is 21.4 Å². The molecule has 2 aromatic heterocycles. The second kappa shape index (κ2) is 10.1. The van der Waals surface area contributed by atoms with Crippen LogP contribution in [0.5, 0.6) is 0 Å². The number of amidine groups is 1. The number of aliphatic imine (C=N–C) groups is 1. The first-order chi connectivity index (χ1) is 17.6. The van der Waals surface area contributed by atoms with E-state index in [0.717, 1.165) is 41.2 Å². The Kier molecular flexibility index (Phi) is 6.97. The van der Waals surface area contributed by atoms with E-state index >= 15 is 0 Å². The number of carbonyl (C=O) groups is 1. The maximum atomic E-state index is 13.3. The Morgan fingerprint density at radius 3 is 2.57 bits per heavy atom. The van der Waals surface area contributed by atoms with E-state index in [0.29, 0.717) is 21.0 Å². The number of rotatable bonds is 7. The number of carbonyl (C=O) groups excluding carboxylic acids is 1. The van der Waals surface area contributed by atoms with Crippen LogP contribution in [0, 0.1) is 0 Å². The maximum Gasteiger partial charge on any atom is 0.262 e. The second-order valence-electron chi connectivity index (χ2n) is 8.74. The fraction of sp³-hybridized carbons (Fsp3) is 0.192. The molecule has 3 heterocycles. The zero-order valence-electron chi connectivity index (χ0n) is 19.6. The normalized spacial score (nSPS) is 13.8. The van der Waals surface area contributed by atoms with Crippen LogP contribution in [0.25, 0.3) is 16.5 Å². The van der Waals surface area contributed by atoms with Crippen molar-refractivity contribution >= 4 is 66.8 Å². The summed E-state index contributed by atoms with van der Waals surface area (Å²) in [6.07, 6.45) is 1.56. The molecular formula is C26H21Cl2N3O4S2. The molecule has 2 aromatic carbocycles. The molecule has 0 spiro atoms. The van der Waals surface area contributed by atoms with Crippen molar-refractivity contribution in [2.45, 2.75) is 10.6 Å². The van der Waals surface area contributed by atoms with Crippen molar-refractivity contribution < 1.29 is 13.2 Å². The highest BCUT2D eigenvalue weighted by atomic mass is 35.5. The van der Waals surface area contributed by atoms with Gasteiger partial charge in [-0.3, -0.25) is 19.1 Å². The summed E-state index contributed by atoms with van der Waals surface area (Å²) in [6.45, 7) is 1.62. The molecule has 0 N–H and O–H groups in total. The van der Waals surface area contributed by atoms with Crippen LogP contribution in [-0.2, 0) is 21.1 Å². The Bertz CT molecular complexity index is 1740. The number of benzene rings is 2. The summed E-state index contributed by atoms with van der Waals surface area (Å²) in [7, 11) is -1.77. The van der Waals surface area contributed by atoms with E-state index in [1.807, 2.05) is 25.2 Å². The van der Waals surface area contributed by atoms with Crippen molar-refractivity contribution in [2.24, 2.45) is 4.99 Å². The molecule has 0 aliphatic carbocycles. The molecule has 37 heavy (non-hydrogen) atoms. The van der Waals surface area contributed by atoms with Gasteiger partial charge in [-0.15, -0.1) is 11.3 Å². The molecule has 0 bridgehead atoms. The smallest absolute Gasteiger partial charge is 0.262 e. The zero-order chi connectivity index (χ0) is 26.3. The van der Waals surface area contributed by atoms with Crippen LogP contribution in [0.15, 0.2) is 74.8 Å². The highest BCUT2D eigenvalue weighted by Crippen LogP contribution is 2.27. The van der Waals surface area contributed by atoms with Crippen LogP contribution in [0.2, 0.25) is 9.36 Å². The minimum atomic E-state index is -3.76. The number of halogens is 2. The topological polar surface area (TPSA) is 88.8 Å². The number of sulfone groups is 1. The number of fused-ring (bicyclic) bond motifs is 1. The Balaban J connectivity index is 1.37. The van der Waals surface area contributed by atoms with Gasteiger partial charge >= 0.3 is 0 Å². The van der Waals surface area contributed by atoms with Crippen LogP contribution >= 0.6 is 34.5 Å². The van der Waals surface area contributed by atoms with Gasteiger partial charge in [-0.25, -0.2) is 8.42 Å². The molecule has 5 rings (SSSR count). The number of nitrogens with zero attached hydrogens (tertiary/aromatic N) is 3. The minimum Gasteiger partial charge on any atom is -0.358 e. The SMILES string of the molecule is CN1CCN=C1c1ccc2c(=O)n(-c3ccc(CC(=O)CS(=O)(=O)c4ccc(Cl)s4)cc3Cl)ccc2c1. The number of likely N-dealkylation sites (N-methyl/N-ethyl adjacent to an activating group) is 1. The van der Waals surface area contributed by atoms with Gasteiger partial charge in [0.1, 0.15) is 15.8 Å². The quantitative estimate of drug-likeness (QED) is 0.321. The van der Waals surface area contributed by atoms with Gasteiger partial charge in [0.25, 0.3) is 5.56 Å². The Hall–Kier alpha value is -2.98. The minimum absolute atomic E-state index is 0.0604. The highest BCUT2D eigenvalue weighted by Gasteiger charge is 2.22. The number of aromatic nitrogens is 1. The van der Waals surface area contributed by atoms with Crippen LogP contribution < -0.4 is 5.56 Å². The van der Waals surface area contributed by atoms with Gasteiger partial charge in [0.05, 0.1) is 21.6 Å². The summed E-state index contributed by atoms with van der Waals surface area (Å²) < 4.78 is 26.8. The van der Waals surface area contributed by atoms with Gasteiger partial charge in [0.2, 0.25) is 0 Å². The van der Waals surface area contributed by atoms with Crippen molar-refractivity contribution in [3.63, 3.8) is 0 Å². The van der Waals surface area contributed by atoms with Crippen molar-refractivity contribution in [3.05, 3.63) is 91.6 Å². The number of hydrogen-bond donors (Lipinski definition) is 0. The number of pyridine rings is 1. The van der Waals surface area contributed by atoms with Crippen LogP contribution in [0.4, 0.5) is 0 Å². The average Bonchev–Trinajstić information content (AvgIpc) is 3.48. The molecule has 0 saturated carbocycles. The molecule has 0 atom stereocenters. The molecule has 0 radical (unpaired) electrons. The molecule has 0 unspecified atom stereocenters. The zero-order valence-corrected chi connectivity index (χ0v) is 22.8. The predicted molar refractivity (Wildman–Crippen MR) is 149 cm³/mol. The van der Waals surface area contributed by atoms with Crippen molar-refractivity contribution in [2.75, 3.05) is 25.9 Å². The van der Waals surface area contributed by atoms with E-state index in [1.165, 1.54) is 16.7 Å². The Labute approximate surface area is 227 Å². The molecule has 4 aromatic rings. The number of ketones is 1. The van der Waals surface area contributed by atoms with Crippen LogP contribution in [0.1, 0.15) is 11.1 Å². The summed E-state index contributed by atoms with van der Waals surface area (Å²) in [4.78, 5) is 32.4. The first-order valence-electron chi connectivity index (χ1n) is 11.3. The lowest BCUT2D eigenvalue weighted by molar-refractivity contribution is -0.116. The fourth-order valence-electron chi connectivity index (χ4n) is 4.30. The van der Waals surface area contributed by atoms with Gasteiger partial charge in [-0.2, -0.15) is 0 Å². The van der Waals surface area contributed by atoms with Crippen LogP contribution in [-0.4, -0.2) is 55.4 Å². The third kappa shape index (κ3) is 5.22. The third-order valence-corrected chi connectivity index (χ3v) is 9.89. The predicted octanol–water partition coefficient (Wildman–Crippen LogP) is 4.64. The summed E-state index contributed by atoms with van der Waals surface area (Å²) >= 11 is 13.2. The van der Waals surface area contributed by atoms with E-state index in [1.54, 1.807) is 30.5 Å². The van der Waals surface area contributed by atoms with E-state index in [4.69, 9.17) is 23.2 Å². The molecule has 190 valence electrons. The third-order valence-electron chi connectivity index (χ3n) is 6.10. The number of Topliss-reactive ketones (excluding diaryl/α,β-unsaturated/α-hetero) is 1. The summed E-state index contributed by atoms with van der Waals surface area (Å²) in [5.74, 6) is -0.187. The first kappa shape index (κ1) is 25.7. The fourth-order valence-corrected chi connectivity index (χ4v) is 7.41. The standard InChI is InChI=1S/C26H21Cl2N3O4S2/c1-30-11-9-29-25(30)18-3-4-20-17(14-18)8-10-31(26(20)33)22-5-2-16(13-21(22)27)12-19(32)15-37(34,35)24-7-6-23(28)36-24/h2-8,10,13-14H,9,11-12,15H2,1H3. The molecule has 0 amide bonds. The molecule has 11 heteroatoms. The molecule has 1 aliphatic rings. The molecule has 0 saturated heterocycles. The molecule has 0 fully saturated rings. The molecule has 1 aliphatic heterocycles. The summed E-state index contributed by atoms with van der Waals surface area (Å²) in [5.41, 5.74) is 1.76. The van der Waals surface area contributed by atoms with Gasteiger partial charge in [-0.1, -0.05) is 35.3 Å². The lowest BCUT2D eigenvalue weighted by Gasteiger charge is -2.15. The Morgan fingerprint density at radius 1 is 1.08 bits per heavy atom. The Morgan fingerprint density at radius 2 is 1.89 bits per heavy atom. The molecular weight excluding hydrogens is 553 g/mol. The van der Waals surface area contributed by atoms with Crippen molar-refractivity contribution in [1.82, 2.24) is 9.47 Å². The van der Waals surface area contributed by atoms with Gasteiger partial charge in [-0.05, 0) is 53.4 Å². The number of hydrogen-bond acceptors (Lipinski definition) is 7. The number of thiophene rings is 1. The lowest BCUT2D eigenvalue weighted by atomic mass is 10.1. The van der Waals surface area contributed by atoms with Crippen molar-refractivity contribution in [1.29, 1.82) is 0 Å². The van der Waals surface area contributed by atoms with Crippen molar-refractivity contribution in [3.8, 4) is 5.69 Å². The van der Waals surface area contributed by atoms with E-state index in [2.05, 4.69) is 9.89 Å². The van der Waals surface area contributed by atoms with E-state index in [-0.39, 0.29) is 21.2 Å². The average molecular weight is 575 g/mol. The first-order valence-corrected chi connectivity index (χ1v) is 14.5. The summed E-state index contributed by atoms with van der Waals surface area (Å²) in [5, 5.41) is 1.62. The van der Waals surface area contributed by atoms with Crippen LogP contribution in [0.3, 0.4) is 0 Å². The monoisotopic (exact) mass is 573 g/mol.